The molecule has 24 heavy (non-hydrogen) atoms. The maximum absolute atomic E-state index is 12.1. The number of rotatable bonds is 6. The van der Waals surface area contributed by atoms with E-state index in [0.717, 1.165) is 17.5 Å². The number of hydrogen-bond acceptors (Lipinski definition) is 3. The minimum atomic E-state index is -0.429. The molecule has 0 aliphatic rings. The fourth-order valence-corrected chi connectivity index (χ4v) is 2.24. The Labute approximate surface area is 146 Å². The van der Waals surface area contributed by atoms with Gasteiger partial charge in [-0.05, 0) is 48.7 Å². The van der Waals surface area contributed by atoms with E-state index in [1.165, 1.54) is 6.20 Å². The monoisotopic (exact) mass is 339 g/mol. The van der Waals surface area contributed by atoms with Gasteiger partial charge in [-0.25, -0.2) is 0 Å². The minimum absolute atomic E-state index is 0.0348. The summed E-state index contributed by atoms with van der Waals surface area (Å²) in [5.74, 6) is -0.429. The van der Waals surface area contributed by atoms with Crippen LogP contribution in [0.2, 0.25) is 5.02 Å². The zero-order chi connectivity index (χ0) is 17.4. The molecule has 2 aromatic carbocycles. The van der Waals surface area contributed by atoms with Crippen LogP contribution in [0.15, 0.2) is 60.3 Å². The molecule has 0 saturated carbocycles. The highest BCUT2D eigenvalue weighted by Gasteiger charge is 2.09. The number of amides is 1. The molecule has 0 aromatic heterocycles. The zero-order valence-electron chi connectivity index (χ0n) is 13.3. The summed E-state index contributed by atoms with van der Waals surface area (Å²) >= 11 is 5.84. The second-order valence-electron chi connectivity index (χ2n) is 5.32. The van der Waals surface area contributed by atoms with E-state index in [4.69, 9.17) is 16.9 Å². The van der Waals surface area contributed by atoms with Crippen LogP contribution in [-0.4, -0.2) is 12.5 Å². The largest absolute Gasteiger partial charge is 0.389 e. The fraction of sp³-hybridized carbons (Fsp3) is 0.158. The molecule has 2 aromatic rings. The lowest BCUT2D eigenvalue weighted by Gasteiger charge is -2.06. The highest BCUT2D eigenvalue weighted by atomic mass is 35.5. The summed E-state index contributed by atoms with van der Waals surface area (Å²) in [6.07, 6.45) is 2.22. The number of carbonyl (C=O) groups is 1. The van der Waals surface area contributed by atoms with Crippen LogP contribution in [0.25, 0.3) is 0 Å². The van der Waals surface area contributed by atoms with Crippen molar-refractivity contribution in [1.82, 2.24) is 5.32 Å². The van der Waals surface area contributed by atoms with Crippen molar-refractivity contribution in [2.75, 3.05) is 11.9 Å². The minimum Gasteiger partial charge on any atom is -0.389 e. The zero-order valence-corrected chi connectivity index (χ0v) is 14.1. The molecule has 0 atom stereocenters. The van der Waals surface area contributed by atoms with Crippen LogP contribution >= 0.6 is 11.6 Å². The fourth-order valence-electron chi connectivity index (χ4n) is 2.11. The van der Waals surface area contributed by atoms with Crippen LogP contribution in [0.1, 0.15) is 11.1 Å². The van der Waals surface area contributed by atoms with Gasteiger partial charge in [-0.3, -0.25) is 4.79 Å². The maximum atomic E-state index is 12.1. The van der Waals surface area contributed by atoms with E-state index >= 15 is 0 Å². The van der Waals surface area contributed by atoms with Crippen LogP contribution in [0.4, 0.5) is 5.69 Å². The number of nitrogens with one attached hydrogen (secondary N) is 2. The van der Waals surface area contributed by atoms with Gasteiger partial charge in [-0.2, -0.15) is 5.26 Å². The second kappa shape index (κ2) is 8.76. The Morgan fingerprint density at radius 1 is 1.25 bits per heavy atom. The molecule has 0 radical (unpaired) electrons. The third-order valence-electron chi connectivity index (χ3n) is 3.36. The van der Waals surface area contributed by atoms with Crippen molar-refractivity contribution in [2.45, 2.75) is 13.3 Å². The first kappa shape index (κ1) is 17.6. The summed E-state index contributed by atoms with van der Waals surface area (Å²) in [5.41, 5.74) is 2.87. The van der Waals surface area contributed by atoms with Crippen molar-refractivity contribution in [1.29, 1.82) is 5.26 Å². The van der Waals surface area contributed by atoms with E-state index in [2.05, 4.69) is 10.6 Å². The highest BCUT2D eigenvalue weighted by Crippen LogP contribution is 2.11. The molecule has 0 saturated heterocycles. The van der Waals surface area contributed by atoms with Gasteiger partial charge in [0.2, 0.25) is 0 Å². The number of hydrogen-bond donors (Lipinski definition) is 2. The third kappa shape index (κ3) is 5.45. The normalized spacial score (nSPS) is 10.8. The number of nitriles is 1. The molecular weight excluding hydrogens is 322 g/mol. The second-order valence-corrected chi connectivity index (χ2v) is 5.76. The Morgan fingerprint density at radius 3 is 2.67 bits per heavy atom. The average Bonchev–Trinajstić information content (AvgIpc) is 2.56. The molecule has 122 valence electrons. The molecule has 0 bridgehead atoms. The highest BCUT2D eigenvalue weighted by molar-refractivity contribution is 6.30. The molecule has 2 rings (SSSR count). The number of carbonyl (C=O) groups excluding carboxylic acids is 1. The predicted molar refractivity (Wildman–Crippen MR) is 96.7 cm³/mol. The number of nitrogens with zero attached hydrogens (tertiary/aromatic N) is 1. The molecule has 0 fully saturated rings. The van der Waals surface area contributed by atoms with E-state index in [1.54, 1.807) is 6.07 Å². The predicted octanol–water partition coefficient (Wildman–Crippen LogP) is 3.83. The molecule has 0 aliphatic heterocycles. The standard InChI is InChI=1S/C19H18ClN3O/c1-14-3-2-4-18(11-14)23-19(24)16(12-21)13-22-10-9-15-5-7-17(20)8-6-15/h2-8,11,13,22H,9-10H2,1H3,(H,23,24)/b16-13-. The van der Waals surface area contributed by atoms with E-state index in [1.807, 2.05) is 55.5 Å². The summed E-state index contributed by atoms with van der Waals surface area (Å²) in [4.78, 5) is 12.1. The Morgan fingerprint density at radius 2 is 2.00 bits per heavy atom. The van der Waals surface area contributed by atoms with Crippen molar-refractivity contribution in [3.63, 3.8) is 0 Å². The Balaban J connectivity index is 1.87. The van der Waals surface area contributed by atoms with Crippen LogP contribution in [0.5, 0.6) is 0 Å². The van der Waals surface area contributed by atoms with Gasteiger partial charge >= 0.3 is 0 Å². The summed E-state index contributed by atoms with van der Waals surface area (Å²) in [6.45, 7) is 2.56. The lowest BCUT2D eigenvalue weighted by atomic mass is 10.1. The van der Waals surface area contributed by atoms with Crippen LogP contribution in [0.3, 0.4) is 0 Å². The van der Waals surface area contributed by atoms with Crippen LogP contribution < -0.4 is 10.6 Å². The molecule has 2 N–H and O–H groups in total. The van der Waals surface area contributed by atoms with Gasteiger partial charge in [-0.1, -0.05) is 35.9 Å². The Bertz CT molecular complexity index is 776. The van der Waals surface area contributed by atoms with Gasteiger partial charge in [0.25, 0.3) is 5.91 Å². The van der Waals surface area contributed by atoms with Crippen molar-refractivity contribution < 1.29 is 4.79 Å². The van der Waals surface area contributed by atoms with Gasteiger partial charge in [0.05, 0.1) is 0 Å². The molecular formula is C19H18ClN3O. The number of anilines is 1. The average molecular weight is 340 g/mol. The van der Waals surface area contributed by atoms with Gasteiger partial charge in [0, 0.05) is 23.5 Å². The van der Waals surface area contributed by atoms with E-state index < -0.39 is 5.91 Å². The van der Waals surface area contributed by atoms with E-state index in [9.17, 15) is 4.79 Å². The first-order valence-corrected chi connectivity index (χ1v) is 7.92. The van der Waals surface area contributed by atoms with E-state index in [-0.39, 0.29) is 5.57 Å². The summed E-state index contributed by atoms with van der Waals surface area (Å²) in [5, 5.41) is 15.6. The lowest BCUT2D eigenvalue weighted by molar-refractivity contribution is -0.112. The molecule has 5 heteroatoms. The quantitative estimate of drug-likeness (QED) is 0.477. The molecule has 0 aliphatic carbocycles. The van der Waals surface area contributed by atoms with Gasteiger partial charge in [0.1, 0.15) is 11.6 Å². The van der Waals surface area contributed by atoms with Crippen molar-refractivity contribution in [2.24, 2.45) is 0 Å². The number of halogens is 1. The Hall–Kier alpha value is -2.77. The first-order valence-electron chi connectivity index (χ1n) is 7.54. The lowest BCUT2D eigenvalue weighted by Crippen LogP contribution is -2.18. The van der Waals surface area contributed by atoms with Gasteiger partial charge < -0.3 is 10.6 Å². The van der Waals surface area contributed by atoms with Crippen molar-refractivity contribution in [3.8, 4) is 6.07 Å². The summed E-state index contributed by atoms with van der Waals surface area (Å²) < 4.78 is 0. The topological polar surface area (TPSA) is 64.9 Å². The van der Waals surface area contributed by atoms with Crippen LogP contribution in [-0.2, 0) is 11.2 Å². The molecule has 0 unspecified atom stereocenters. The van der Waals surface area contributed by atoms with Gasteiger partial charge in [-0.15, -0.1) is 0 Å². The first-order chi connectivity index (χ1) is 11.6. The smallest absolute Gasteiger partial charge is 0.267 e. The van der Waals surface area contributed by atoms with Crippen molar-refractivity contribution >= 4 is 23.2 Å². The van der Waals surface area contributed by atoms with E-state index in [0.29, 0.717) is 17.3 Å². The summed E-state index contributed by atoms with van der Waals surface area (Å²) in [6, 6.07) is 16.9. The molecule has 0 spiro atoms. The molecule has 4 nitrogen and oxygen atoms in total. The number of aryl methyl sites for hydroxylation is 1. The summed E-state index contributed by atoms with van der Waals surface area (Å²) in [7, 11) is 0. The molecule has 1 amide bonds. The van der Waals surface area contributed by atoms with Crippen molar-refractivity contribution in [3.05, 3.63) is 76.5 Å². The maximum Gasteiger partial charge on any atom is 0.267 e. The van der Waals surface area contributed by atoms with Crippen LogP contribution in [0, 0.1) is 18.3 Å². The molecule has 0 heterocycles. The Kier molecular flexibility index (Phi) is 6.41. The van der Waals surface area contributed by atoms with Gasteiger partial charge in [0.15, 0.2) is 0 Å². The number of benzene rings is 2. The SMILES string of the molecule is Cc1cccc(NC(=O)/C(C#N)=C\NCCc2ccc(Cl)cc2)c1. The third-order valence-corrected chi connectivity index (χ3v) is 3.61.